The summed E-state index contributed by atoms with van der Waals surface area (Å²) in [5.74, 6) is 0.691. The molecule has 2 rings (SSSR count). The molecule has 6 heteroatoms. The summed E-state index contributed by atoms with van der Waals surface area (Å²) in [5, 5.41) is 4.46. The number of H-pyrrole nitrogens is 1. The number of rotatable bonds is 5. The summed E-state index contributed by atoms with van der Waals surface area (Å²) in [5.41, 5.74) is 1.83. The highest BCUT2D eigenvalue weighted by Gasteiger charge is 2.17. The van der Waals surface area contributed by atoms with Crippen molar-refractivity contribution in [1.82, 2.24) is 10.3 Å². The highest BCUT2D eigenvalue weighted by molar-refractivity contribution is 6.46. The maximum absolute atomic E-state index is 10.4. The molecular weight excluding hydrogens is 287 g/mol. The quantitative estimate of drug-likeness (QED) is 0.832. The van der Waals surface area contributed by atoms with Gasteiger partial charge in [0.25, 0.3) is 0 Å². The van der Waals surface area contributed by atoms with Crippen molar-refractivity contribution in [3.63, 3.8) is 0 Å². The molecule has 2 N–H and O–H groups in total. The van der Waals surface area contributed by atoms with E-state index in [1.807, 2.05) is 19.2 Å². The highest BCUT2D eigenvalue weighted by atomic mass is 35.5. The lowest BCUT2D eigenvalue weighted by Gasteiger charge is -2.11. The Kier molecular flexibility index (Phi) is 4.22. The van der Waals surface area contributed by atoms with E-state index < -0.39 is 0 Å². The fourth-order valence-corrected chi connectivity index (χ4v) is 2.57. The number of benzene rings is 1. The number of aromatic amines is 1. The Morgan fingerprint density at radius 1 is 1.47 bits per heavy atom. The van der Waals surface area contributed by atoms with Crippen molar-refractivity contribution in [2.24, 2.45) is 0 Å². The third-order valence-electron chi connectivity index (χ3n) is 3.11. The number of carbonyl (C=O) groups excluding carboxylic acids is 1. The molecule has 0 radical (unpaired) electrons. The molecule has 0 aliphatic rings. The van der Waals surface area contributed by atoms with Gasteiger partial charge in [-0.05, 0) is 11.6 Å². The minimum absolute atomic E-state index is 0.154. The second-order valence-corrected chi connectivity index (χ2v) is 5.06. The zero-order valence-electron chi connectivity index (χ0n) is 10.6. The van der Waals surface area contributed by atoms with Crippen LogP contribution in [-0.2, 0) is 4.79 Å². The standard InChI is InChI=1S/C13H14Cl2N2O2/c1-7(4-16-6-18)9-5-17-13-8(9)3-10(19-2)11(14)12(13)15/h3,5-7,17H,4H2,1-2H3,(H,16,18). The lowest BCUT2D eigenvalue weighted by Crippen LogP contribution is -2.17. The van der Waals surface area contributed by atoms with Gasteiger partial charge in [0.1, 0.15) is 10.8 Å². The molecule has 1 amide bonds. The number of methoxy groups -OCH3 is 1. The van der Waals surface area contributed by atoms with E-state index in [9.17, 15) is 4.79 Å². The van der Waals surface area contributed by atoms with Crippen molar-refractivity contribution < 1.29 is 9.53 Å². The molecule has 1 heterocycles. The smallest absolute Gasteiger partial charge is 0.207 e. The average molecular weight is 301 g/mol. The molecule has 1 aromatic carbocycles. The Morgan fingerprint density at radius 2 is 2.21 bits per heavy atom. The Morgan fingerprint density at radius 3 is 2.84 bits per heavy atom. The molecule has 1 aromatic heterocycles. The largest absolute Gasteiger partial charge is 0.495 e. The van der Waals surface area contributed by atoms with E-state index in [0.29, 0.717) is 28.7 Å². The number of fused-ring (bicyclic) bond motifs is 1. The lowest BCUT2D eigenvalue weighted by molar-refractivity contribution is -0.109. The number of halogens is 2. The molecule has 0 saturated carbocycles. The van der Waals surface area contributed by atoms with Crippen LogP contribution in [0.2, 0.25) is 10.0 Å². The van der Waals surface area contributed by atoms with Gasteiger partial charge in [0.15, 0.2) is 0 Å². The molecule has 0 aliphatic carbocycles. The van der Waals surface area contributed by atoms with E-state index in [1.165, 1.54) is 0 Å². The Balaban J connectivity index is 2.52. The van der Waals surface area contributed by atoms with Crippen LogP contribution in [0.4, 0.5) is 0 Å². The summed E-state index contributed by atoms with van der Waals surface area (Å²) in [6, 6.07) is 1.85. The topological polar surface area (TPSA) is 54.1 Å². The SMILES string of the molecule is COc1cc2c(C(C)CNC=O)c[nH]c2c(Cl)c1Cl. The molecule has 2 aromatic rings. The van der Waals surface area contributed by atoms with Crippen LogP contribution in [-0.4, -0.2) is 25.0 Å². The molecular formula is C13H14Cl2N2O2. The fourth-order valence-electron chi connectivity index (χ4n) is 2.09. The highest BCUT2D eigenvalue weighted by Crippen LogP contribution is 2.40. The van der Waals surface area contributed by atoms with Crippen molar-refractivity contribution in [1.29, 1.82) is 0 Å². The predicted octanol–water partition coefficient (Wildman–Crippen LogP) is 3.33. The molecule has 0 bridgehead atoms. The number of carbonyl (C=O) groups is 1. The minimum atomic E-state index is 0.154. The molecule has 19 heavy (non-hydrogen) atoms. The number of ether oxygens (including phenoxy) is 1. The van der Waals surface area contributed by atoms with Crippen LogP contribution in [0.15, 0.2) is 12.3 Å². The van der Waals surface area contributed by atoms with Crippen molar-refractivity contribution >= 4 is 40.5 Å². The van der Waals surface area contributed by atoms with E-state index in [1.54, 1.807) is 7.11 Å². The maximum atomic E-state index is 10.4. The normalized spacial score (nSPS) is 12.4. The molecule has 0 aliphatic heterocycles. The van der Waals surface area contributed by atoms with Gasteiger partial charge >= 0.3 is 0 Å². The molecule has 0 saturated heterocycles. The molecule has 1 unspecified atom stereocenters. The second-order valence-electron chi connectivity index (χ2n) is 4.30. The fraction of sp³-hybridized carbons (Fsp3) is 0.308. The van der Waals surface area contributed by atoms with Crippen LogP contribution < -0.4 is 10.1 Å². The number of hydrogen-bond acceptors (Lipinski definition) is 2. The number of aromatic nitrogens is 1. The number of amides is 1. The monoisotopic (exact) mass is 300 g/mol. The van der Waals surface area contributed by atoms with Gasteiger partial charge in [-0.15, -0.1) is 0 Å². The second kappa shape index (κ2) is 5.72. The van der Waals surface area contributed by atoms with Crippen LogP contribution in [0.25, 0.3) is 10.9 Å². The van der Waals surface area contributed by atoms with Gasteiger partial charge in [-0.2, -0.15) is 0 Å². The van der Waals surface area contributed by atoms with Gasteiger partial charge in [0.2, 0.25) is 6.41 Å². The van der Waals surface area contributed by atoms with Crippen LogP contribution in [0, 0.1) is 0 Å². The van der Waals surface area contributed by atoms with Crippen LogP contribution >= 0.6 is 23.2 Å². The molecule has 4 nitrogen and oxygen atoms in total. The predicted molar refractivity (Wildman–Crippen MR) is 77.4 cm³/mol. The minimum Gasteiger partial charge on any atom is -0.495 e. The summed E-state index contributed by atoms with van der Waals surface area (Å²) in [7, 11) is 1.55. The van der Waals surface area contributed by atoms with Crippen molar-refractivity contribution in [2.45, 2.75) is 12.8 Å². The summed E-state index contributed by atoms with van der Waals surface area (Å²) in [4.78, 5) is 13.5. The van der Waals surface area contributed by atoms with Gasteiger partial charge in [-0.1, -0.05) is 30.1 Å². The zero-order chi connectivity index (χ0) is 14.0. The maximum Gasteiger partial charge on any atom is 0.207 e. The molecule has 1 atom stereocenters. The lowest BCUT2D eigenvalue weighted by atomic mass is 10.0. The average Bonchev–Trinajstić information content (AvgIpc) is 2.84. The van der Waals surface area contributed by atoms with Crippen LogP contribution in [0.1, 0.15) is 18.4 Å². The molecule has 102 valence electrons. The summed E-state index contributed by atoms with van der Waals surface area (Å²) < 4.78 is 5.22. The first-order valence-corrected chi connectivity index (χ1v) is 6.55. The Hall–Kier alpha value is -1.39. The van der Waals surface area contributed by atoms with E-state index in [2.05, 4.69) is 10.3 Å². The van der Waals surface area contributed by atoms with Crippen molar-refractivity contribution in [3.05, 3.63) is 27.9 Å². The van der Waals surface area contributed by atoms with Gasteiger partial charge in [-0.3, -0.25) is 4.79 Å². The summed E-state index contributed by atoms with van der Waals surface area (Å²) >= 11 is 12.3. The molecule has 0 spiro atoms. The van der Waals surface area contributed by atoms with E-state index in [4.69, 9.17) is 27.9 Å². The first-order chi connectivity index (χ1) is 9.10. The van der Waals surface area contributed by atoms with Gasteiger partial charge in [-0.25, -0.2) is 0 Å². The number of nitrogens with one attached hydrogen (secondary N) is 2. The van der Waals surface area contributed by atoms with Crippen LogP contribution in [0.5, 0.6) is 5.75 Å². The Bertz CT molecular complexity index is 610. The Labute approximate surface area is 121 Å². The van der Waals surface area contributed by atoms with Gasteiger partial charge in [0, 0.05) is 24.0 Å². The zero-order valence-corrected chi connectivity index (χ0v) is 12.1. The van der Waals surface area contributed by atoms with Crippen molar-refractivity contribution in [2.75, 3.05) is 13.7 Å². The molecule has 0 fully saturated rings. The van der Waals surface area contributed by atoms with E-state index in [0.717, 1.165) is 16.5 Å². The van der Waals surface area contributed by atoms with Crippen molar-refractivity contribution in [3.8, 4) is 5.75 Å². The summed E-state index contributed by atoms with van der Waals surface area (Å²) in [6.45, 7) is 2.58. The third kappa shape index (κ3) is 2.51. The first kappa shape index (κ1) is 14.0. The number of hydrogen-bond donors (Lipinski definition) is 2. The van der Waals surface area contributed by atoms with E-state index in [-0.39, 0.29) is 5.92 Å². The third-order valence-corrected chi connectivity index (χ3v) is 3.96. The van der Waals surface area contributed by atoms with Gasteiger partial charge in [0.05, 0.1) is 17.6 Å². The van der Waals surface area contributed by atoms with E-state index >= 15 is 0 Å². The summed E-state index contributed by atoms with van der Waals surface area (Å²) in [6.07, 6.45) is 2.57. The van der Waals surface area contributed by atoms with Gasteiger partial charge < -0.3 is 15.0 Å². The van der Waals surface area contributed by atoms with Crippen LogP contribution in [0.3, 0.4) is 0 Å². The first-order valence-electron chi connectivity index (χ1n) is 5.80.